The van der Waals surface area contributed by atoms with Crippen molar-refractivity contribution in [2.75, 3.05) is 72.6 Å². The first-order valence-electron chi connectivity index (χ1n) is 25.1. The number of aliphatic hydroxyl groups is 2. The average Bonchev–Trinajstić information content (AvgIpc) is 3.34. The Hall–Kier alpha value is -5.99. The lowest BCUT2D eigenvalue weighted by Crippen LogP contribution is -2.59. The summed E-state index contributed by atoms with van der Waals surface area (Å²) in [4.78, 5) is 137. The number of hydroxylamine groups is 1. The van der Waals surface area contributed by atoms with Crippen LogP contribution < -0.4 is 32.5 Å². The third-order valence-electron chi connectivity index (χ3n) is 10.5. The topological polar surface area (TPSA) is 416 Å². The van der Waals surface area contributed by atoms with Crippen LogP contribution in [0.2, 0.25) is 0 Å². The van der Waals surface area contributed by atoms with Gasteiger partial charge in [0.15, 0.2) is 24.8 Å². The smallest absolute Gasteiger partial charge is 0.303 e. The number of nitrogens with one attached hydrogen (secondary N) is 5. The fourth-order valence-electron chi connectivity index (χ4n) is 7.01. The summed E-state index contributed by atoms with van der Waals surface area (Å²) in [6.07, 6.45) is -8.22. The molecule has 0 aromatic carbocycles. The Labute approximate surface area is 453 Å². The molecule has 30 heteroatoms. The van der Waals surface area contributed by atoms with Gasteiger partial charge >= 0.3 is 35.8 Å². The molecule has 0 heterocycles. The molecule has 0 aliphatic rings. The fraction of sp³-hybridized carbons (Fsp3) is 0.771. The molecule has 0 spiro atoms. The molecule has 9 N–H and O–H groups in total. The Balaban J connectivity index is 4.74. The van der Waals surface area contributed by atoms with Gasteiger partial charge in [-0.1, -0.05) is 13.8 Å². The zero-order valence-electron chi connectivity index (χ0n) is 46.1. The summed E-state index contributed by atoms with van der Waals surface area (Å²) in [5, 5.41) is 31.9. The highest BCUT2D eigenvalue weighted by molar-refractivity contribution is 5.83. The number of nitrogens with two attached hydrogens (primary N) is 1. The molecule has 10 unspecified atom stereocenters. The highest BCUT2D eigenvalue weighted by Crippen LogP contribution is 2.23. The monoisotopic (exact) mass is 1130 g/mol. The number of hydrogen-bond donors (Lipinski definition) is 8. The van der Waals surface area contributed by atoms with Crippen LogP contribution >= 0.6 is 0 Å². The molecule has 30 nitrogen and oxygen atoms in total. The molecule has 0 saturated carbocycles. The van der Waals surface area contributed by atoms with Crippen LogP contribution in [0.15, 0.2) is 0 Å². The zero-order valence-corrected chi connectivity index (χ0v) is 46.1. The first-order chi connectivity index (χ1) is 36.7. The van der Waals surface area contributed by atoms with Gasteiger partial charge < -0.3 is 94.2 Å². The van der Waals surface area contributed by atoms with Crippen molar-refractivity contribution in [3.8, 4) is 0 Å². The number of hydrogen-bond acceptors (Lipinski definition) is 26. The molecule has 0 aliphatic carbocycles. The maximum atomic E-state index is 12.5. The number of aliphatic hydroxyl groups excluding tert-OH is 2. The summed E-state index contributed by atoms with van der Waals surface area (Å²) in [5.74, 6) is -8.37. The lowest BCUT2D eigenvalue weighted by Gasteiger charge is -2.37. The van der Waals surface area contributed by atoms with Crippen LogP contribution in [0.25, 0.3) is 0 Å². The number of ether oxygens (including phenoxy) is 10. The Kier molecular flexibility index (Phi) is 38.0. The van der Waals surface area contributed by atoms with E-state index in [9.17, 15) is 63.0 Å². The lowest BCUT2D eigenvalue weighted by atomic mass is 9.94. The van der Waals surface area contributed by atoms with Gasteiger partial charge in [0.2, 0.25) is 23.6 Å². The molecular weight excluding hydrogens is 1040 g/mol. The minimum Gasteiger partial charge on any atom is -0.465 e. The summed E-state index contributed by atoms with van der Waals surface area (Å²) in [6, 6.07) is -4.82. The molecule has 0 bridgehead atoms. The number of esters is 6. The van der Waals surface area contributed by atoms with E-state index in [1.165, 1.54) is 20.8 Å². The minimum atomic E-state index is -1.82. The van der Waals surface area contributed by atoms with Gasteiger partial charge in [-0.05, 0) is 19.3 Å². The summed E-state index contributed by atoms with van der Waals surface area (Å²) < 4.78 is 53.4. The van der Waals surface area contributed by atoms with Gasteiger partial charge in [-0.3, -0.25) is 47.9 Å². The van der Waals surface area contributed by atoms with Crippen molar-refractivity contribution >= 4 is 65.7 Å². The molecule has 0 aliphatic heterocycles. The van der Waals surface area contributed by atoms with Crippen molar-refractivity contribution in [3.05, 3.63) is 0 Å². The van der Waals surface area contributed by atoms with Crippen molar-refractivity contribution < 1.29 is 115 Å². The Bertz CT molecular complexity index is 1880. The van der Waals surface area contributed by atoms with E-state index in [2.05, 4.69) is 26.7 Å². The number of rotatable bonds is 43. The standard InChI is InChI=1S/C48H82N6O24/c1-27(25-72-31(5)58)42(75-33(7)60)44(77-35(9)62)40(52-29(3)56)47(66)70-22-20-68-18-15-50-46(65)38(49)13-14-39(64)54-37(24-55)12-11-17-74-51-16-19-69-21-23-71-48(67)41(53-30(4)57)45(78-36(10)63)43(76-34(8)61)28(2)26-73-32(6)59/h24,27-28,37-38,40-45,47-48,51,66-67H,11-23,25-26,49H2,1-10H3,(H,50,65)(H,52,56)(H,53,57)(H,54,64)/t27?,28?,37-,38-,40?,41?,42?,43?,44?,45?,47?,48?/m0/s1. The van der Waals surface area contributed by atoms with Gasteiger partial charge in [0.1, 0.15) is 30.6 Å². The Morgan fingerprint density at radius 1 is 0.526 bits per heavy atom. The van der Waals surface area contributed by atoms with Crippen LogP contribution in [-0.4, -0.2) is 210 Å². The summed E-state index contributed by atoms with van der Waals surface area (Å²) in [7, 11) is 0. The molecule has 448 valence electrons. The second kappa shape index (κ2) is 41.1. The van der Waals surface area contributed by atoms with E-state index in [0.717, 1.165) is 41.5 Å². The van der Waals surface area contributed by atoms with E-state index in [-0.39, 0.29) is 91.8 Å². The number of amides is 4. The summed E-state index contributed by atoms with van der Waals surface area (Å²) in [6.45, 7) is 11.4. The van der Waals surface area contributed by atoms with Crippen molar-refractivity contribution in [2.24, 2.45) is 17.6 Å². The maximum Gasteiger partial charge on any atom is 0.303 e. The molecule has 0 aromatic rings. The molecule has 78 heavy (non-hydrogen) atoms. The van der Waals surface area contributed by atoms with Gasteiger partial charge in [0, 0.05) is 86.7 Å². The van der Waals surface area contributed by atoms with Gasteiger partial charge in [-0.25, -0.2) is 5.48 Å². The first-order valence-corrected chi connectivity index (χ1v) is 25.1. The van der Waals surface area contributed by atoms with Gasteiger partial charge in [-0.2, -0.15) is 0 Å². The average molecular weight is 1130 g/mol. The SMILES string of the molecule is CC(=O)NC(C(O)OCCOCCNOCCC[C@@H](C=O)NC(=O)CC[C@H](N)C(=O)NCCOCCOC(O)C(NC(C)=O)C(OC(C)=O)C(OC(C)=O)C(C)COC(C)=O)C(OC(C)=O)C(OC(C)=O)C(C)COC(C)=O. The van der Waals surface area contributed by atoms with Crippen LogP contribution in [-0.2, 0) is 105 Å². The lowest BCUT2D eigenvalue weighted by molar-refractivity contribution is -0.196. The highest BCUT2D eigenvalue weighted by atomic mass is 16.7. The van der Waals surface area contributed by atoms with E-state index in [4.69, 9.17) is 57.9 Å². The second-order valence-corrected chi connectivity index (χ2v) is 17.7. The molecule has 4 amide bonds. The number of carbonyl (C=O) groups excluding carboxylic acids is 11. The third kappa shape index (κ3) is 34.0. The largest absolute Gasteiger partial charge is 0.465 e. The van der Waals surface area contributed by atoms with E-state index in [0.29, 0.717) is 12.7 Å². The Morgan fingerprint density at radius 3 is 1.35 bits per heavy atom. The van der Waals surface area contributed by atoms with Crippen LogP contribution in [0.5, 0.6) is 0 Å². The predicted molar refractivity (Wildman–Crippen MR) is 266 cm³/mol. The molecule has 0 saturated heterocycles. The van der Waals surface area contributed by atoms with Crippen molar-refractivity contribution in [3.63, 3.8) is 0 Å². The van der Waals surface area contributed by atoms with E-state index in [1.54, 1.807) is 6.92 Å². The van der Waals surface area contributed by atoms with E-state index >= 15 is 0 Å². The fourth-order valence-corrected chi connectivity index (χ4v) is 7.01. The van der Waals surface area contributed by atoms with Crippen LogP contribution in [0.3, 0.4) is 0 Å². The third-order valence-corrected chi connectivity index (χ3v) is 10.5. The van der Waals surface area contributed by atoms with E-state index < -0.39 is 132 Å². The van der Waals surface area contributed by atoms with Crippen molar-refractivity contribution in [2.45, 2.75) is 156 Å². The first kappa shape index (κ1) is 72.0. The van der Waals surface area contributed by atoms with Gasteiger partial charge in [0.05, 0.1) is 71.5 Å². The second-order valence-electron chi connectivity index (χ2n) is 17.7. The summed E-state index contributed by atoms with van der Waals surface area (Å²) >= 11 is 0. The highest BCUT2D eigenvalue weighted by Gasteiger charge is 2.44. The normalized spacial score (nSPS) is 15.8. The van der Waals surface area contributed by atoms with E-state index in [1.807, 2.05) is 0 Å². The molecule has 12 atom stereocenters. The quantitative estimate of drug-likeness (QED) is 0.00755. The van der Waals surface area contributed by atoms with Crippen molar-refractivity contribution in [1.82, 2.24) is 26.7 Å². The van der Waals surface area contributed by atoms with Gasteiger partial charge in [-0.15, -0.1) is 0 Å². The minimum absolute atomic E-state index is 0.00169. The molecule has 0 radical (unpaired) electrons. The zero-order chi connectivity index (χ0) is 59.3. The summed E-state index contributed by atoms with van der Waals surface area (Å²) in [5.41, 5.74) is 8.63. The molecular formula is C48H82N6O24. The van der Waals surface area contributed by atoms with Crippen molar-refractivity contribution in [1.29, 1.82) is 0 Å². The van der Waals surface area contributed by atoms with Gasteiger partial charge in [0.25, 0.3) is 0 Å². The molecule has 0 fully saturated rings. The Morgan fingerprint density at radius 2 is 0.949 bits per heavy atom. The predicted octanol–water partition coefficient (Wildman–Crippen LogP) is -2.97. The number of carbonyl (C=O) groups is 11. The van der Waals surface area contributed by atoms with Crippen LogP contribution in [0, 0.1) is 11.8 Å². The van der Waals surface area contributed by atoms with Crippen LogP contribution in [0.1, 0.15) is 94.9 Å². The molecule has 0 rings (SSSR count). The maximum absolute atomic E-state index is 12.5. The molecule has 0 aromatic heterocycles. The number of aldehydes is 1. The van der Waals surface area contributed by atoms with Crippen LogP contribution in [0.4, 0.5) is 0 Å².